The molecule has 0 radical (unpaired) electrons. The van der Waals surface area contributed by atoms with Gasteiger partial charge in [0.25, 0.3) is 5.91 Å². The highest BCUT2D eigenvalue weighted by Gasteiger charge is 2.08. The number of ether oxygens (including phenoxy) is 1. The number of hydrogen-bond acceptors (Lipinski definition) is 5. The fourth-order valence-corrected chi connectivity index (χ4v) is 2.82. The first-order valence-electron chi connectivity index (χ1n) is 8.81. The van der Waals surface area contributed by atoms with E-state index < -0.39 is 5.63 Å². The van der Waals surface area contributed by atoms with Crippen LogP contribution in [0.3, 0.4) is 0 Å². The second-order valence-electron chi connectivity index (χ2n) is 6.20. The van der Waals surface area contributed by atoms with E-state index >= 15 is 0 Å². The smallest absolute Gasteiger partial charge is 0.336 e. The normalized spacial score (nSPS) is 10.5. The first-order valence-corrected chi connectivity index (χ1v) is 8.81. The molecule has 0 saturated heterocycles. The van der Waals surface area contributed by atoms with Gasteiger partial charge in [0.1, 0.15) is 11.3 Å². The summed E-state index contributed by atoms with van der Waals surface area (Å²) in [6.07, 6.45) is 0.711. The van der Waals surface area contributed by atoms with Crippen LogP contribution in [0.2, 0.25) is 0 Å². The molecule has 0 atom stereocenters. The van der Waals surface area contributed by atoms with E-state index in [4.69, 9.17) is 9.15 Å². The molecule has 2 aromatic carbocycles. The van der Waals surface area contributed by atoms with Gasteiger partial charge in [0.05, 0.1) is 0 Å². The second-order valence-corrected chi connectivity index (χ2v) is 6.20. The Hall–Kier alpha value is -3.61. The molecule has 0 unspecified atom stereocenters. The average Bonchev–Trinajstić information content (AvgIpc) is 2.65. The second kappa shape index (κ2) is 8.39. The van der Waals surface area contributed by atoms with Crippen LogP contribution in [0.1, 0.15) is 19.4 Å². The molecule has 0 fully saturated rings. The summed E-state index contributed by atoms with van der Waals surface area (Å²) in [4.78, 5) is 34.9. The molecular formula is C21H20N2O5. The molecule has 1 heterocycles. The number of nitrogens with one attached hydrogen (secondary N) is 2. The molecule has 2 N–H and O–H groups in total. The standard InChI is InChI=1S/C21H20N2O5/c1-3-14-9-21(26)28-19-11-17(7-8-18(14)19)27-12-20(25)23-16-6-4-5-15(10-16)22-13(2)24/h4-11H,3,12H2,1-2H3,(H,22,24)(H,23,25). The topological polar surface area (TPSA) is 97.6 Å². The van der Waals surface area contributed by atoms with Crippen LogP contribution in [0, 0.1) is 0 Å². The molecule has 7 heteroatoms. The van der Waals surface area contributed by atoms with Crippen LogP contribution in [0.4, 0.5) is 11.4 Å². The predicted molar refractivity (Wildman–Crippen MR) is 107 cm³/mol. The van der Waals surface area contributed by atoms with E-state index in [2.05, 4.69) is 10.6 Å². The van der Waals surface area contributed by atoms with Gasteiger partial charge in [-0.05, 0) is 42.3 Å². The fraction of sp³-hybridized carbons (Fsp3) is 0.190. The lowest BCUT2D eigenvalue weighted by Crippen LogP contribution is -2.20. The molecule has 0 bridgehead atoms. The van der Waals surface area contributed by atoms with Crippen LogP contribution in [0.25, 0.3) is 11.0 Å². The lowest BCUT2D eigenvalue weighted by Gasteiger charge is -2.10. The molecule has 0 aliphatic rings. The minimum absolute atomic E-state index is 0.194. The third-order valence-corrected chi connectivity index (χ3v) is 4.02. The Labute approximate surface area is 161 Å². The number of hydrogen-bond donors (Lipinski definition) is 2. The summed E-state index contributed by atoms with van der Waals surface area (Å²) in [6, 6.07) is 13.4. The summed E-state index contributed by atoms with van der Waals surface area (Å²) in [7, 11) is 0. The lowest BCUT2D eigenvalue weighted by atomic mass is 10.1. The van der Waals surface area contributed by atoms with Gasteiger partial charge in [-0.1, -0.05) is 13.0 Å². The summed E-state index contributed by atoms with van der Waals surface area (Å²) in [5.41, 5.74) is 2.03. The van der Waals surface area contributed by atoms with Crippen molar-refractivity contribution >= 4 is 34.2 Å². The highest BCUT2D eigenvalue weighted by Crippen LogP contribution is 2.23. The third-order valence-electron chi connectivity index (χ3n) is 4.02. The maximum absolute atomic E-state index is 12.1. The van der Waals surface area contributed by atoms with Crippen LogP contribution >= 0.6 is 0 Å². The number of aryl methyl sites for hydroxylation is 1. The van der Waals surface area contributed by atoms with Gasteiger partial charge < -0.3 is 19.8 Å². The van der Waals surface area contributed by atoms with Crippen molar-refractivity contribution in [2.24, 2.45) is 0 Å². The highest BCUT2D eigenvalue weighted by molar-refractivity contribution is 5.94. The number of fused-ring (bicyclic) bond motifs is 1. The Morgan fingerprint density at radius 2 is 1.79 bits per heavy atom. The van der Waals surface area contributed by atoms with Crippen molar-refractivity contribution in [1.82, 2.24) is 0 Å². The lowest BCUT2D eigenvalue weighted by molar-refractivity contribution is -0.118. The molecule has 144 valence electrons. The van der Waals surface area contributed by atoms with Crippen molar-refractivity contribution in [3.8, 4) is 5.75 Å². The van der Waals surface area contributed by atoms with Crippen LogP contribution in [-0.2, 0) is 16.0 Å². The Balaban J connectivity index is 1.66. The molecule has 0 aliphatic heterocycles. The Morgan fingerprint density at radius 1 is 1.04 bits per heavy atom. The molecular weight excluding hydrogens is 360 g/mol. The zero-order valence-corrected chi connectivity index (χ0v) is 15.6. The summed E-state index contributed by atoms with van der Waals surface area (Å²) in [6.45, 7) is 3.16. The number of benzene rings is 2. The van der Waals surface area contributed by atoms with Crippen molar-refractivity contribution in [3.63, 3.8) is 0 Å². The van der Waals surface area contributed by atoms with Gasteiger partial charge in [0.2, 0.25) is 5.91 Å². The van der Waals surface area contributed by atoms with Gasteiger partial charge in [-0.15, -0.1) is 0 Å². The highest BCUT2D eigenvalue weighted by atomic mass is 16.5. The molecule has 3 rings (SSSR count). The minimum Gasteiger partial charge on any atom is -0.484 e. The summed E-state index contributed by atoms with van der Waals surface area (Å²) >= 11 is 0. The first-order chi connectivity index (χ1) is 13.4. The molecule has 2 amide bonds. The summed E-state index contributed by atoms with van der Waals surface area (Å²) < 4.78 is 10.7. The van der Waals surface area contributed by atoms with Gasteiger partial charge in [-0.25, -0.2) is 4.79 Å². The third kappa shape index (κ3) is 4.76. The maximum atomic E-state index is 12.1. The minimum atomic E-state index is -0.418. The Kier molecular flexibility index (Phi) is 5.74. The van der Waals surface area contributed by atoms with Crippen LogP contribution < -0.4 is 21.0 Å². The SMILES string of the molecule is CCc1cc(=O)oc2cc(OCC(=O)Nc3cccc(NC(C)=O)c3)ccc12. The molecule has 3 aromatic rings. The predicted octanol–water partition coefficient (Wildman–Crippen LogP) is 3.33. The fourth-order valence-electron chi connectivity index (χ4n) is 2.82. The van der Waals surface area contributed by atoms with E-state index in [0.29, 0.717) is 29.1 Å². The van der Waals surface area contributed by atoms with Gasteiger partial charge in [0.15, 0.2) is 6.61 Å². The van der Waals surface area contributed by atoms with E-state index in [9.17, 15) is 14.4 Å². The van der Waals surface area contributed by atoms with Gasteiger partial charge in [-0.3, -0.25) is 9.59 Å². The number of rotatable bonds is 6. The molecule has 28 heavy (non-hydrogen) atoms. The first kappa shape index (κ1) is 19.2. The number of amides is 2. The zero-order valence-electron chi connectivity index (χ0n) is 15.6. The molecule has 1 aromatic heterocycles. The Morgan fingerprint density at radius 3 is 2.50 bits per heavy atom. The quantitative estimate of drug-likeness (QED) is 0.639. The monoisotopic (exact) mass is 380 g/mol. The largest absolute Gasteiger partial charge is 0.484 e. The summed E-state index contributed by atoms with van der Waals surface area (Å²) in [5, 5.41) is 6.19. The molecule has 0 spiro atoms. The van der Waals surface area contributed by atoms with Crippen molar-refractivity contribution in [2.45, 2.75) is 20.3 Å². The van der Waals surface area contributed by atoms with Crippen molar-refractivity contribution in [2.75, 3.05) is 17.2 Å². The van der Waals surface area contributed by atoms with Crippen molar-refractivity contribution in [1.29, 1.82) is 0 Å². The van der Waals surface area contributed by atoms with E-state index in [0.717, 1.165) is 10.9 Å². The van der Waals surface area contributed by atoms with E-state index in [1.54, 1.807) is 42.5 Å². The summed E-state index contributed by atoms with van der Waals surface area (Å²) in [5.74, 6) is -0.129. The van der Waals surface area contributed by atoms with Gasteiger partial charge >= 0.3 is 5.63 Å². The molecule has 7 nitrogen and oxygen atoms in total. The van der Waals surface area contributed by atoms with Gasteiger partial charge in [0, 0.05) is 35.8 Å². The molecule has 0 saturated carbocycles. The Bertz CT molecular complexity index is 1090. The average molecular weight is 380 g/mol. The van der Waals surface area contributed by atoms with Gasteiger partial charge in [-0.2, -0.15) is 0 Å². The van der Waals surface area contributed by atoms with E-state index in [-0.39, 0.29) is 18.4 Å². The maximum Gasteiger partial charge on any atom is 0.336 e. The van der Waals surface area contributed by atoms with Crippen LogP contribution in [0.5, 0.6) is 5.75 Å². The van der Waals surface area contributed by atoms with Crippen molar-refractivity contribution in [3.05, 3.63) is 64.5 Å². The van der Waals surface area contributed by atoms with Crippen LogP contribution in [0.15, 0.2) is 57.7 Å². The number of anilines is 2. The van der Waals surface area contributed by atoms with Crippen molar-refractivity contribution < 1.29 is 18.7 Å². The van der Waals surface area contributed by atoms with E-state index in [1.165, 1.54) is 13.0 Å². The number of carbonyl (C=O) groups is 2. The molecule has 0 aliphatic carbocycles. The van der Waals surface area contributed by atoms with E-state index in [1.807, 2.05) is 6.92 Å². The van der Waals surface area contributed by atoms with Crippen LogP contribution in [-0.4, -0.2) is 18.4 Å². The zero-order chi connectivity index (χ0) is 20.1. The number of carbonyl (C=O) groups excluding carboxylic acids is 2.